The zero-order chi connectivity index (χ0) is 21.4. The molecule has 0 aliphatic heterocycles. The van der Waals surface area contributed by atoms with Crippen molar-refractivity contribution in [2.24, 2.45) is 11.8 Å². The fourth-order valence-electron chi connectivity index (χ4n) is 2.14. The van der Waals surface area contributed by atoms with Gasteiger partial charge in [0.2, 0.25) is 0 Å². The molecule has 0 aliphatic rings. The zero-order valence-corrected chi connectivity index (χ0v) is 17.5. The summed E-state index contributed by atoms with van der Waals surface area (Å²) in [6.07, 6.45) is -0.504. The molecule has 0 aromatic carbocycles. The smallest absolute Gasteiger partial charge is 0.321 e. The second-order valence-corrected chi connectivity index (χ2v) is 7.91. The van der Waals surface area contributed by atoms with E-state index in [1.165, 1.54) is 0 Å². The number of esters is 4. The van der Waals surface area contributed by atoms with Crippen LogP contribution in [0.2, 0.25) is 0 Å². The molecular formula is C19H32O8. The van der Waals surface area contributed by atoms with E-state index in [4.69, 9.17) is 18.9 Å². The van der Waals surface area contributed by atoms with Crippen molar-refractivity contribution in [3.05, 3.63) is 0 Å². The lowest BCUT2D eigenvalue weighted by atomic mass is 9.88. The Balaban J connectivity index is 5.92. The van der Waals surface area contributed by atoms with Crippen LogP contribution in [0.15, 0.2) is 0 Å². The first-order valence-electron chi connectivity index (χ1n) is 8.99. The fourth-order valence-corrected chi connectivity index (χ4v) is 2.14. The molecule has 0 amide bonds. The summed E-state index contributed by atoms with van der Waals surface area (Å²) >= 11 is 0. The van der Waals surface area contributed by atoms with E-state index in [1.807, 2.05) is 0 Å². The predicted octanol–water partition coefficient (Wildman–Crippen LogP) is 2.42. The van der Waals surface area contributed by atoms with Gasteiger partial charge in [0.25, 0.3) is 0 Å². The first-order chi connectivity index (χ1) is 12.2. The van der Waals surface area contributed by atoms with Gasteiger partial charge in [-0.3, -0.25) is 19.2 Å². The molecular weight excluding hydrogens is 356 g/mol. The van der Waals surface area contributed by atoms with Crippen LogP contribution >= 0.6 is 0 Å². The van der Waals surface area contributed by atoms with Crippen LogP contribution in [0, 0.1) is 11.8 Å². The summed E-state index contributed by atoms with van der Waals surface area (Å²) in [5.41, 5.74) is -1.80. The molecule has 0 saturated carbocycles. The first kappa shape index (κ1) is 24.9. The minimum absolute atomic E-state index is 0.0213. The normalized spacial score (nSPS) is 12.9. The lowest BCUT2D eigenvalue weighted by Crippen LogP contribution is -2.44. The van der Waals surface area contributed by atoms with Gasteiger partial charge in [-0.25, -0.2) is 0 Å². The van der Waals surface area contributed by atoms with Gasteiger partial charge in [0.05, 0.1) is 25.6 Å². The maximum absolute atomic E-state index is 12.7. The van der Waals surface area contributed by atoms with E-state index in [0.29, 0.717) is 0 Å². The van der Waals surface area contributed by atoms with Crippen molar-refractivity contribution in [3.8, 4) is 0 Å². The number of rotatable bonds is 8. The summed E-state index contributed by atoms with van der Waals surface area (Å²) in [5.74, 6) is -6.57. The highest BCUT2D eigenvalue weighted by atomic mass is 16.6. The number of carbonyl (C=O) groups excluding carboxylic acids is 4. The maximum Gasteiger partial charge on any atom is 0.321 e. The standard InChI is InChI=1S/C19H32O8/c1-9-24-13(20)11-12(15(21)25-10-2)14(16(22)26-18(3,4)5)17(23)27-19(6,7)8/h12,14H,9-11H2,1-8H3. The fraction of sp³-hybridized carbons (Fsp3) is 0.789. The molecule has 156 valence electrons. The average molecular weight is 388 g/mol. The van der Waals surface area contributed by atoms with Gasteiger partial charge < -0.3 is 18.9 Å². The Kier molecular flexibility index (Phi) is 9.47. The van der Waals surface area contributed by atoms with Crippen molar-refractivity contribution >= 4 is 23.9 Å². The lowest BCUT2D eigenvalue weighted by Gasteiger charge is -2.29. The van der Waals surface area contributed by atoms with Gasteiger partial charge in [0.15, 0.2) is 5.92 Å². The average Bonchev–Trinajstić information content (AvgIpc) is 2.43. The lowest BCUT2D eigenvalue weighted by molar-refractivity contribution is -0.183. The summed E-state index contributed by atoms with van der Waals surface area (Å²) < 4.78 is 20.4. The Morgan fingerprint density at radius 3 is 1.44 bits per heavy atom. The Bertz CT molecular complexity index is 511. The minimum Gasteiger partial charge on any atom is -0.466 e. The van der Waals surface area contributed by atoms with Crippen LogP contribution in [0.1, 0.15) is 61.8 Å². The van der Waals surface area contributed by atoms with Crippen molar-refractivity contribution in [3.63, 3.8) is 0 Å². The van der Waals surface area contributed by atoms with Crippen LogP contribution in [-0.4, -0.2) is 48.3 Å². The molecule has 8 nitrogen and oxygen atoms in total. The third-order valence-electron chi connectivity index (χ3n) is 3.01. The summed E-state index contributed by atoms with van der Waals surface area (Å²) in [6, 6.07) is 0. The van der Waals surface area contributed by atoms with Gasteiger partial charge in [-0.1, -0.05) is 0 Å². The molecule has 0 N–H and O–H groups in total. The van der Waals surface area contributed by atoms with Crippen LogP contribution in [0.25, 0.3) is 0 Å². The molecule has 0 fully saturated rings. The summed E-state index contributed by atoms with van der Waals surface area (Å²) in [4.78, 5) is 49.8. The highest BCUT2D eigenvalue weighted by Crippen LogP contribution is 2.26. The van der Waals surface area contributed by atoms with Gasteiger partial charge in [-0.15, -0.1) is 0 Å². The molecule has 0 heterocycles. The van der Waals surface area contributed by atoms with Crippen LogP contribution in [0.3, 0.4) is 0 Å². The SMILES string of the molecule is CCOC(=O)CC(C(=O)OCC)C(C(=O)OC(C)(C)C)C(=O)OC(C)(C)C. The summed E-state index contributed by atoms with van der Waals surface area (Å²) in [5, 5.41) is 0. The molecule has 0 saturated heterocycles. The maximum atomic E-state index is 12.7. The number of carbonyl (C=O) groups is 4. The zero-order valence-electron chi connectivity index (χ0n) is 17.5. The van der Waals surface area contributed by atoms with E-state index >= 15 is 0 Å². The van der Waals surface area contributed by atoms with Crippen LogP contribution in [0.4, 0.5) is 0 Å². The van der Waals surface area contributed by atoms with E-state index < -0.39 is 53.3 Å². The van der Waals surface area contributed by atoms with Gasteiger partial charge in [-0.05, 0) is 55.4 Å². The molecule has 0 aromatic heterocycles. The highest BCUT2D eigenvalue weighted by molar-refractivity contribution is 6.00. The summed E-state index contributed by atoms with van der Waals surface area (Å²) in [7, 11) is 0. The molecule has 27 heavy (non-hydrogen) atoms. The number of hydrogen-bond acceptors (Lipinski definition) is 8. The molecule has 0 rings (SSSR count). The van der Waals surface area contributed by atoms with Gasteiger partial charge in [0.1, 0.15) is 11.2 Å². The predicted molar refractivity (Wildman–Crippen MR) is 96.6 cm³/mol. The second kappa shape index (κ2) is 10.3. The molecule has 1 atom stereocenters. The Morgan fingerprint density at radius 1 is 0.704 bits per heavy atom. The van der Waals surface area contributed by atoms with Gasteiger partial charge >= 0.3 is 23.9 Å². The van der Waals surface area contributed by atoms with E-state index in [0.717, 1.165) is 0 Å². The van der Waals surface area contributed by atoms with Gasteiger partial charge in [-0.2, -0.15) is 0 Å². The largest absolute Gasteiger partial charge is 0.466 e. The second-order valence-electron chi connectivity index (χ2n) is 7.91. The molecule has 0 aliphatic carbocycles. The van der Waals surface area contributed by atoms with Crippen LogP contribution in [-0.2, 0) is 38.1 Å². The molecule has 0 radical (unpaired) electrons. The third-order valence-corrected chi connectivity index (χ3v) is 3.01. The van der Waals surface area contributed by atoms with Crippen molar-refractivity contribution < 1.29 is 38.1 Å². The topological polar surface area (TPSA) is 105 Å². The van der Waals surface area contributed by atoms with Crippen molar-refractivity contribution in [2.75, 3.05) is 13.2 Å². The third kappa shape index (κ3) is 9.96. The van der Waals surface area contributed by atoms with E-state index in [2.05, 4.69) is 0 Å². The first-order valence-corrected chi connectivity index (χ1v) is 8.99. The molecule has 0 bridgehead atoms. The minimum atomic E-state index is -1.65. The van der Waals surface area contributed by atoms with E-state index in [9.17, 15) is 19.2 Å². The molecule has 8 heteroatoms. The molecule has 0 spiro atoms. The Hall–Kier alpha value is -2.12. The quantitative estimate of drug-likeness (QED) is 0.355. The number of hydrogen-bond donors (Lipinski definition) is 0. The molecule has 1 unspecified atom stereocenters. The highest BCUT2D eigenvalue weighted by Gasteiger charge is 2.46. The number of ether oxygens (including phenoxy) is 4. The molecule has 0 aromatic rings. The van der Waals surface area contributed by atoms with E-state index in [1.54, 1.807) is 55.4 Å². The summed E-state index contributed by atoms with van der Waals surface area (Å²) in [6.45, 7) is 13.1. The van der Waals surface area contributed by atoms with Crippen LogP contribution < -0.4 is 0 Å². The van der Waals surface area contributed by atoms with Crippen LogP contribution in [0.5, 0.6) is 0 Å². The van der Waals surface area contributed by atoms with Crippen molar-refractivity contribution in [2.45, 2.75) is 73.0 Å². The Labute approximate surface area is 160 Å². The van der Waals surface area contributed by atoms with Crippen molar-refractivity contribution in [1.29, 1.82) is 0 Å². The van der Waals surface area contributed by atoms with E-state index in [-0.39, 0.29) is 13.2 Å². The monoisotopic (exact) mass is 388 g/mol. The van der Waals surface area contributed by atoms with Crippen molar-refractivity contribution in [1.82, 2.24) is 0 Å². The Morgan fingerprint density at radius 2 is 1.11 bits per heavy atom. The van der Waals surface area contributed by atoms with Gasteiger partial charge in [0, 0.05) is 0 Å².